The van der Waals surface area contributed by atoms with Gasteiger partial charge in [0.15, 0.2) is 0 Å². The Kier molecular flexibility index (Phi) is 7.36. The van der Waals surface area contributed by atoms with Crippen LogP contribution in [-0.4, -0.2) is 53.5 Å². The van der Waals surface area contributed by atoms with Crippen LogP contribution in [0.25, 0.3) is 10.6 Å². The number of carbonyl (C=O) groups is 1. The molecular weight excluding hydrogens is 538 g/mol. The van der Waals surface area contributed by atoms with Crippen LogP contribution in [-0.2, 0) is 19.6 Å². The molecule has 0 bridgehead atoms. The first-order chi connectivity index (χ1) is 19.0. The van der Waals surface area contributed by atoms with E-state index in [1.807, 2.05) is 40.6 Å². The second-order valence-electron chi connectivity index (χ2n) is 9.48. The van der Waals surface area contributed by atoms with Gasteiger partial charge in [0.05, 0.1) is 13.2 Å². The number of fused-ring (bicyclic) bond motifs is 1. The zero-order valence-corrected chi connectivity index (χ0v) is 22.7. The maximum absolute atomic E-state index is 13.1. The van der Waals surface area contributed by atoms with Crippen LogP contribution in [0.4, 0.5) is 0 Å². The second kappa shape index (κ2) is 11.2. The van der Waals surface area contributed by atoms with E-state index in [-0.39, 0.29) is 23.7 Å². The molecule has 4 heterocycles. The molecule has 0 N–H and O–H groups in total. The Bertz CT molecular complexity index is 1560. The Morgan fingerprint density at radius 1 is 1.10 bits per heavy atom. The quantitative estimate of drug-likeness (QED) is 0.316. The molecular formula is C29H26ClN3O5S. The fourth-order valence-electron chi connectivity index (χ4n) is 4.71. The predicted octanol–water partition coefficient (Wildman–Crippen LogP) is 4.89. The molecule has 1 amide bonds. The first kappa shape index (κ1) is 25.6. The Morgan fingerprint density at radius 3 is 2.77 bits per heavy atom. The number of ether oxygens (including phenoxy) is 2. The summed E-state index contributed by atoms with van der Waals surface area (Å²) >= 11 is 7.63. The highest BCUT2D eigenvalue weighted by Crippen LogP contribution is 2.32. The van der Waals surface area contributed by atoms with Crippen LogP contribution in [0, 0.1) is 0 Å². The van der Waals surface area contributed by atoms with Crippen LogP contribution in [0.2, 0.25) is 5.02 Å². The fraction of sp³-hybridized carbons (Fsp3) is 0.276. The maximum atomic E-state index is 13.1. The van der Waals surface area contributed by atoms with Crippen molar-refractivity contribution in [2.24, 2.45) is 0 Å². The van der Waals surface area contributed by atoms with Crippen molar-refractivity contribution in [1.29, 1.82) is 0 Å². The van der Waals surface area contributed by atoms with E-state index < -0.39 is 0 Å². The predicted molar refractivity (Wildman–Crippen MR) is 149 cm³/mol. The fourth-order valence-corrected chi connectivity index (χ4v) is 5.69. The van der Waals surface area contributed by atoms with Crippen molar-refractivity contribution in [2.45, 2.75) is 19.6 Å². The molecule has 2 aromatic carbocycles. The van der Waals surface area contributed by atoms with Crippen LogP contribution in [0.3, 0.4) is 0 Å². The molecule has 4 aromatic rings. The van der Waals surface area contributed by atoms with Crippen LogP contribution >= 0.6 is 22.9 Å². The molecule has 1 saturated heterocycles. The van der Waals surface area contributed by atoms with Gasteiger partial charge in [0.1, 0.15) is 35.1 Å². The summed E-state index contributed by atoms with van der Waals surface area (Å²) in [5, 5.41) is 3.25. The van der Waals surface area contributed by atoms with Gasteiger partial charge in [-0.1, -0.05) is 29.8 Å². The lowest BCUT2D eigenvalue weighted by Gasteiger charge is -2.34. The van der Waals surface area contributed by atoms with E-state index in [2.05, 4.69) is 16.0 Å². The van der Waals surface area contributed by atoms with E-state index in [0.717, 1.165) is 28.3 Å². The number of halogens is 1. The number of carbonyl (C=O) groups excluding carboxylic acids is 1. The first-order valence-corrected chi connectivity index (χ1v) is 14.0. The number of thiazole rings is 1. The minimum absolute atomic E-state index is 0.0619. The topological polar surface area (TPSA) is 85.1 Å². The van der Waals surface area contributed by atoms with Crippen LogP contribution in [0.5, 0.6) is 11.5 Å². The summed E-state index contributed by atoms with van der Waals surface area (Å²) in [6.07, 6.45) is 2.25. The number of aromatic nitrogens is 1. The number of hydrogen-bond acceptors (Lipinski definition) is 8. The Balaban J connectivity index is 1.02. The minimum Gasteiger partial charge on any atom is -0.493 e. The highest BCUT2D eigenvalue weighted by molar-refractivity contribution is 7.13. The van der Waals surface area contributed by atoms with E-state index >= 15 is 0 Å². The van der Waals surface area contributed by atoms with Gasteiger partial charge < -0.3 is 18.8 Å². The Hall–Kier alpha value is -3.66. The molecule has 8 nitrogen and oxygen atoms in total. The van der Waals surface area contributed by atoms with E-state index in [1.165, 1.54) is 29.2 Å². The summed E-state index contributed by atoms with van der Waals surface area (Å²) < 4.78 is 16.9. The standard InChI is InChI=1S/C29H26ClN3O5S/c30-23-4-2-1-3-21(23)16-38-27-17-37-22(14-25(27)34)15-32-8-10-33(11-9-32)29(35)24-18-39-28(31-24)20-5-6-26-19(13-20)7-12-36-26/h1-6,13-14,17-18H,7-12,15-16H2. The molecule has 2 aromatic heterocycles. The van der Waals surface area contributed by atoms with Crippen molar-refractivity contribution in [2.75, 3.05) is 32.8 Å². The zero-order valence-electron chi connectivity index (χ0n) is 21.1. The number of amides is 1. The van der Waals surface area contributed by atoms with Gasteiger partial charge in [-0.15, -0.1) is 11.3 Å². The van der Waals surface area contributed by atoms with Crippen molar-refractivity contribution in [3.8, 4) is 22.1 Å². The number of piperazine rings is 1. The molecule has 0 atom stereocenters. The molecule has 0 radical (unpaired) electrons. The zero-order chi connectivity index (χ0) is 26.8. The highest BCUT2D eigenvalue weighted by Gasteiger charge is 2.25. The van der Waals surface area contributed by atoms with Gasteiger partial charge in [-0.3, -0.25) is 14.5 Å². The van der Waals surface area contributed by atoms with Crippen molar-refractivity contribution in [1.82, 2.24) is 14.8 Å². The van der Waals surface area contributed by atoms with Gasteiger partial charge in [-0.25, -0.2) is 4.98 Å². The molecule has 2 aliphatic rings. The van der Waals surface area contributed by atoms with Crippen molar-refractivity contribution in [3.63, 3.8) is 0 Å². The highest BCUT2D eigenvalue weighted by atomic mass is 35.5. The monoisotopic (exact) mass is 563 g/mol. The lowest BCUT2D eigenvalue weighted by Crippen LogP contribution is -2.48. The number of nitrogens with zero attached hydrogens (tertiary/aromatic N) is 3. The molecule has 1 fully saturated rings. The third kappa shape index (κ3) is 5.71. The van der Waals surface area contributed by atoms with Crippen LogP contribution in [0.1, 0.15) is 27.4 Å². The van der Waals surface area contributed by atoms with E-state index in [0.29, 0.717) is 55.8 Å². The van der Waals surface area contributed by atoms with Gasteiger partial charge in [0.2, 0.25) is 11.2 Å². The number of hydrogen-bond donors (Lipinski definition) is 0. The largest absolute Gasteiger partial charge is 0.493 e. The average molecular weight is 564 g/mol. The molecule has 0 unspecified atom stereocenters. The lowest BCUT2D eigenvalue weighted by molar-refractivity contribution is 0.0614. The molecule has 0 spiro atoms. The summed E-state index contributed by atoms with van der Waals surface area (Å²) in [7, 11) is 0. The SMILES string of the molecule is O=C(c1csc(-c2ccc3c(c2)CCO3)n1)N1CCN(Cc2cc(=O)c(OCc3ccccc3Cl)co2)CC1. The van der Waals surface area contributed by atoms with Crippen LogP contribution < -0.4 is 14.9 Å². The number of benzene rings is 2. The van der Waals surface area contributed by atoms with Gasteiger partial charge in [-0.2, -0.15) is 0 Å². The van der Waals surface area contributed by atoms with Gasteiger partial charge in [0, 0.05) is 60.2 Å². The smallest absolute Gasteiger partial charge is 0.273 e. The molecule has 0 saturated carbocycles. The minimum atomic E-state index is -0.243. The molecule has 39 heavy (non-hydrogen) atoms. The van der Waals surface area contributed by atoms with Crippen molar-refractivity contribution < 1.29 is 18.7 Å². The van der Waals surface area contributed by atoms with E-state index in [4.69, 9.17) is 25.5 Å². The first-order valence-electron chi connectivity index (χ1n) is 12.7. The third-order valence-electron chi connectivity index (χ3n) is 6.89. The van der Waals surface area contributed by atoms with E-state index in [9.17, 15) is 9.59 Å². The molecule has 0 aliphatic carbocycles. The lowest BCUT2D eigenvalue weighted by atomic mass is 10.1. The van der Waals surface area contributed by atoms with Gasteiger partial charge in [0.25, 0.3) is 5.91 Å². The molecule has 200 valence electrons. The normalized spacial score (nSPS) is 15.2. The Labute approximate surface area is 234 Å². The average Bonchev–Trinajstić information content (AvgIpc) is 3.63. The van der Waals surface area contributed by atoms with E-state index in [1.54, 1.807) is 6.07 Å². The maximum Gasteiger partial charge on any atom is 0.273 e. The van der Waals surface area contributed by atoms with Gasteiger partial charge >= 0.3 is 0 Å². The summed E-state index contributed by atoms with van der Waals surface area (Å²) in [5.41, 5.74) is 3.21. The van der Waals surface area contributed by atoms with Crippen molar-refractivity contribution in [3.05, 3.63) is 98.0 Å². The number of rotatable bonds is 7. The molecule has 6 rings (SSSR count). The summed E-state index contributed by atoms with van der Waals surface area (Å²) in [4.78, 5) is 34.3. The third-order valence-corrected chi connectivity index (χ3v) is 8.15. The summed E-state index contributed by atoms with van der Waals surface area (Å²) in [6.45, 7) is 3.86. The summed E-state index contributed by atoms with van der Waals surface area (Å²) in [6, 6.07) is 14.9. The Morgan fingerprint density at radius 2 is 1.95 bits per heavy atom. The molecule has 2 aliphatic heterocycles. The summed E-state index contributed by atoms with van der Waals surface area (Å²) in [5.74, 6) is 1.56. The van der Waals surface area contributed by atoms with Crippen molar-refractivity contribution >= 4 is 28.8 Å². The molecule has 10 heteroatoms. The van der Waals surface area contributed by atoms with Crippen LogP contribution in [0.15, 0.2) is 69.4 Å². The van der Waals surface area contributed by atoms with Gasteiger partial charge in [-0.05, 0) is 29.8 Å². The second-order valence-corrected chi connectivity index (χ2v) is 10.7.